The highest BCUT2D eigenvalue weighted by Gasteiger charge is 2.53. The monoisotopic (exact) mass is 1190 g/mol. The van der Waals surface area contributed by atoms with E-state index < -0.39 is 10.8 Å². The van der Waals surface area contributed by atoms with Crippen molar-refractivity contribution < 1.29 is 0 Å². The first-order chi connectivity index (χ1) is 46.6. The molecule has 2 spiro atoms. The molecule has 4 aliphatic carbocycles. The van der Waals surface area contributed by atoms with Crippen LogP contribution in [0.1, 0.15) is 55.6 Å². The molecule has 0 unspecified atom stereocenters. The Bertz CT molecular complexity index is 5310. The minimum Gasteiger partial charge on any atom is -0.310 e. The van der Waals surface area contributed by atoms with Gasteiger partial charge in [-0.1, -0.05) is 267 Å². The molecule has 0 atom stereocenters. The summed E-state index contributed by atoms with van der Waals surface area (Å²) in [6, 6.07) is 128. The molecule has 0 fully saturated rings. The highest BCUT2D eigenvalue weighted by molar-refractivity contribution is 6.02. The Morgan fingerprint density at radius 3 is 0.702 bits per heavy atom. The van der Waals surface area contributed by atoms with Gasteiger partial charge in [0.2, 0.25) is 0 Å². The number of hydrogen-bond donors (Lipinski definition) is 0. The fourth-order valence-corrected chi connectivity index (χ4v) is 17.1. The lowest BCUT2D eigenvalue weighted by molar-refractivity contribution is 0.793. The fraction of sp³-hybridized carbons (Fsp3) is 0.0217. The van der Waals surface area contributed by atoms with Gasteiger partial charge >= 0.3 is 0 Å². The van der Waals surface area contributed by atoms with Crippen molar-refractivity contribution >= 4 is 89.4 Å². The molecule has 2 heteroatoms. The van der Waals surface area contributed by atoms with Crippen LogP contribution in [0.3, 0.4) is 0 Å². The van der Waals surface area contributed by atoms with Crippen LogP contribution in [0.25, 0.3) is 99.7 Å². The molecule has 0 heterocycles. The molecule has 0 saturated carbocycles. The summed E-state index contributed by atoms with van der Waals surface area (Å²) < 4.78 is 0. The van der Waals surface area contributed by atoms with Gasteiger partial charge in [-0.2, -0.15) is 0 Å². The zero-order valence-electron chi connectivity index (χ0n) is 51.4. The van der Waals surface area contributed by atoms with Crippen LogP contribution in [0.15, 0.2) is 340 Å². The number of benzene rings is 16. The van der Waals surface area contributed by atoms with Crippen LogP contribution in [0.5, 0.6) is 0 Å². The van der Waals surface area contributed by atoms with Crippen molar-refractivity contribution in [3.05, 3.63) is 395 Å². The predicted molar refractivity (Wildman–Crippen MR) is 394 cm³/mol. The summed E-state index contributed by atoms with van der Waals surface area (Å²) in [7, 11) is 0. The van der Waals surface area contributed by atoms with E-state index in [1.165, 1.54) is 132 Å². The number of nitrogens with zero attached hydrogens (tertiary/aromatic N) is 2. The Labute approximate surface area is 546 Å². The number of fused-ring (bicyclic) bond motifs is 24. The molecule has 2 nitrogen and oxygen atoms in total. The first-order valence-electron chi connectivity index (χ1n) is 32.8. The lowest BCUT2D eigenvalue weighted by atomic mass is 9.70. The van der Waals surface area contributed by atoms with Gasteiger partial charge in [0.25, 0.3) is 0 Å². The molecular weight excluding hydrogens is 1130 g/mol. The Morgan fingerprint density at radius 2 is 0.394 bits per heavy atom. The van der Waals surface area contributed by atoms with Gasteiger partial charge in [-0.05, 0) is 228 Å². The van der Waals surface area contributed by atoms with Crippen molar-refractivity contribution in [3.63, 3.8) is 0 Å². The van der Waals surface area contributed by atoms with Crippen molar-refractivity contribution in [2.75, 3.05) is 9.80 Å². The average Bonchev–Trinajstić information content (AvgIpc) is 1.52. The van der Waals surface area contributed by atoms with E-state index in [-0.39, 0.29) is 0 Å². The van der Waals surface area contributed by atoms with Crippen LogP contribution >= 0.6 is 0 Å². The van der Waals surface area contributed by atoms with Crippen molar-refractivity contribution in [3.8, 4) is 44.5 Å². The maximum absolute atomic E-state index is 2.51. The largest absolute Gasteiger partial charge is 0.310 e. The second-order valence-corrected chi connectivity index (χ2v) is 25.9. The van der Waals surface area contributed by atoms with E-state index in [1.54, 1.807) is 0 Å². The fourth-order valence-electron chi connectivity index (χ4n) is 17.1. The second kappa shape index (κ2) is 20.2. The molecule has 0 saturated heterocycles. The van der Waals surface area contributed by atoms with Gasteiger partial charge < -0.3 is 9.80 Å². The molecule has 0 N–H and O–H groups in total. The van der Waals surface area contributed by atoms with E-state index >= 15 is 0 Å². The van der Waals surface area contributed by atoms with Crippen LogP contribution in [0, 0.1) is 0 Å². The highest BCUT2D eigenvalue weighted by Crippen LogP contribution is 2.66. The molecule has 16 aromatic rings. The van der Waals surface area contributed by atoms with Crippen LogP contribution in [-0.2, 0) is 10.8 Å². The first kappa shape index (κ1) is 52.7. The summed E-state index contributed by atoms with van der Waals surface area (Å²) in [4.78, 5) is 4.93. The molecule has 0 bridgehead atoms. The Kier molecular flexibility index (Phi) is 11.3. The predicted octanol–water partition coefficient (Wildman–Crippen LogP) is 24.1. The smallest absolute Gasteiger partial charge is 0.0726 e. The van der Waals surface area contributed by atoms with Gasteiger partial charge in [-0.15, -0.1) is 0 Å². The molecular formula is C92H58N2. The zero-order chi connectivity index (χ0) is 61.6. The minimum absolute atomic E-state index is 0.581. The molecule has 0 aliphatic heterocycles. The summed E-state index contributed by atoms with van der Waals surface area (Å²) >= 11 is 0. The summed E-state index contributed by atoms with van der Waals surface area (Å²) in [5.74, 6) is 0. The molecule has 0 radical (unpaired) electrons. The van der Waals surface area contributed by atoms with Gasteiger partial charge in [0.05, 0.1) is 10.8 Å². The lowest BCUT2D eigenvalue weighted by Gasteiger charge is -2.32. The van der Waals surface area contributed by atoms with Crippen LogP contribution in [-0.4, -0.2) is 0 Å². The summed E-state index contributed by atoms with van der Waals surface area (Å²) in [5.41, 5.74) is 28.5. The normalized spacial score (nSPS) is 13.7. The number of hydrogen-bond acceptors (Lipinski definition) is 2. The van der Waals surface area contributed by atoms with E-state index in [0.717, 1.165) is 45.3 Å². The van der Waals surface area contributed by atoms with E-state index in [4.69, 9.17) is 0 Å². The maximum Gasteiger partial charge on any atom is 0.0726 e. The third-order valence-corrected chi connectivity index (χ3v) is 21.1. The molecule has 94 heavy (non-hydrogen) atoms. The second-order valence-electron chi connectivity index (χ2n) is 25.9. The van der Waals surface area contributed by atoms with Gasteiger partial charge in [0, 0.05) is 34.1 Å². The van der Waals surface area contributed by atoms with Gasteiger partial charge in [-0.25, -0.2) is 0 Å². The lowest BCUT2D eigenvalue weighted by Crippen LogP contribution is -2.26. The topological polar surface area (TPSA) is 6.48 Å². The van der Waals surface area contributed by atoms with Crippen molar-refractivity contribution in [2.45, 2.75) is 10.8 Å². The third kappa shape index (κ3) is 7.54. The van der Waals surface area contributed by atoms with Crippen molar-refractivity contribution in [1.29, 1.82) is 0 Å². The SMILES string of the molecule is C(=Cc1ccc2c(c1)C1(c3ccccc3-c3ccccc31)c1cc(N(c3ccc4ccccc4c3)c3ccc4ccccc4c3)ccc1-2)c1ccc2c(c1)C1(c3ccccc3-c3ccccc31)c1cc(N(c3ccc4ccccc4c3)c3ccc4ccccc4c3)ccc1-2. The summed E-state index contributed by atoms with van der Waals surface area (Å²) in [6.07, 6.45) is 4.71. The minimum atomic E-state index is -0.581. The quantitative estimate of drug-likeness (QED) is 0.140. The Morgan fingerprint density at radius 1 is 0.170 bits per heavy atom. The first-order valence-corrected chi connectivity index (χ1v) is 32.8. The molecule has 4 aliphatic rings. The molecule has 436 valence electrons. The van der Waals surface area contributed by atoms with Crippen LogP contribution in [0.2, 0.25) is 0 Å². The maximum atomic E-state index is 2.51. The Balaban J connectivity index is 0.738. The van der Waals surface area contributed by atoms with E-state index in [9.17, 15) is 0 Å². The molecule has 16 aromatic carbocycles. The molecule has 0 amide bonds. The number of anilines is 6. The van der Waals surface area contributed by atoms with E-state index in [2.05, 4.69) is 362 Å². The standard InChI is InChI=1S/C92H58N2/c1-5-21-65-53-69(41-37-61(65)17-1)93(70-42-38-62-18-2-6-22-66(62)54-70)73-45-49-81-79-47-35-59(51-87(79)91(89(81)57-73)83-29-13-9-25-75(83)76-26-10-14-30-84(76)91)33-34-60-36-48-80-82-50-46-74(58-90(82)92(88(80)52-60)85-31-15-11-27-77(85)78-28-12-16-32-86(78)92)94(71-43-39-63-19-3-7-23-67(63)55-71)72-44-40-64-20-4-8-24-68(64)56-72/h1-58H. The van der Waals surface area contributed by atoms with Crippen molar-refractivity contribution in [1.82, 2.24) is 0 Å². The van der Waals surface area contributed by atoms with E-state index in [0.29, 0.717) is 0 Å². The summed E-state index contributed by atoms with van der Waals surface area (Å²) in [6.45, 7) is 0. The zero-order valence-corrected chi connectivity index (χ0v) is 51.4. The van der Waals surface area contributed by atoms with Crippen LogP contribution in [0.4, 0.5) is 34.1 Å². The van der Waals surface area contributed by atoms with E-state index in [1.807, 2.05) is 0 Å². The van der Waals surface area contributed by atoms with Gasteiger partial charge in [-0.3, -0.25) is 0 Å². The molecule has 0 aromatic heterocycles. The average molecular weight is 1190 g/mol. The highest BCUT2D eigenvalue weighted by atomic mass is 15.1. The van der Waals surface area contributed by atoms with Gasteiger partial charge in [0.15, 0.2) is 0 Å². The third-order valence-electron chi connectivity index (χ3n) is 21.1. The Hall–Kier alpha value is -12.1. The van der Waals surface area contributed by atoms with Crippen LogP contribution < -0.4 is 9.80 Å². The number of rotatable bonds is 8. The molecule has 20 rings (SSSR count). The van der Waals surface area contributed by atoms with Gasteiger partial charge in [0.1, 0.15) is 0 Å². The van der Waals surface area contributed by atoms with Crippen molar-refractivity contribution in [2.24, 2.45) is 0 Å². The summed E-state index contributed by atoms with van der Waals surface area (Å²) in [5, 5.41) is 9.73.